The molecule has 0 radical (unpaired) electrons. The monoisotopic (exact) mass is 374 g/mol. The highest BCUT2D eigenvalue weighted by Crippen LogP contribution is 2.14. The number of nitrogens with one attached hydrogen (secondary N) is 2. The Hall–Kier alpha value is -2.86. The van der Waals surface area contributed by atoms with Crippen LogP contribution in [0.5, 0.6) is 0 Å². The number of amides is 2. The van der Waals surface area contributed by atoms with E-state index in [4.69, 9.17) is 11.6 Å². The van der Waals surface area contributed by atoms with Crippen LogP contribution in [0.2, 0.25) is 5.02 Å². The highest BCUT2D eigenvalue weighted by atomic mass is 35.5. The van der Waals surface area contributed by atoms with Gasteiger partial charge in [0.05, 0.1) is 23.3 Å². The molecule has 7 heteroatoms. The number of carbonyl (C=O) groups excluding carboxylic acids is 3. The molecule has 2 aromatic rings. The number of ether oxygens (including phenoxy) is 1. The first-order valence-electron chi connectivity index (χ1n) is 7.98. The Labute approximate surface area is 156 Å². The van der Waals surface area contributed by atoms with Crippen LogP contribution >= 0.6 is 11.6 Å². The molecule has 2 N–H and O–H groups in total. The lowest BCUT2D eigenvalue weighted by atomic mass is 10.1. The molecule has 0 aromatic heterocycles. The summed E-state index contributed by atoms with van der Waals surface area (Å²) >= 11 is 5.95. The van der Waals surface area contributed by atoms with Crippen LogP contribution in [-0.4, -0.2) is 31.4 Å². The maximum atomic E-state index is 12.0. The lowest BCUT2D eigenvalue weighted by Crippen LogP contribution is -2.30. The van der Waals surface area contributed by atoms with Gasteiger partial charge in [-0.2, -0.15) is 0 Å². The first-order chi connectivity index (χ1) is 12.5. The second-order valence-electron chi connectivity index (χ2n) is 5.45. The zero-order valence-corrected chi connectivity index (χ0v) is 15.0. The fourth-order valence-electron chi connectivity index (χ4n) is 2.20. The largest absolute Gasteiger partial charge is 0.465 e. The molecule has 0 atom stereocenters. The summed E-state index contributed by atoms with van der Waals surface area (Å²) in [5, 5.41) is 5.78. The quantitative estimate of drug-likeness (QED) is 0.729. The molecular formula is C19H19ClN2O4. The number of rotatable bonds is 7. The van der Waals surface area contributed by atoms with Crippen LogP contribution in [0, 0.1) is 0 Å². The van der Waals surface area contributed by atoms with Gasteiger partial charge in [-0.05, 0) is 29.8 Å². The molecule has 26 heavy (non-hydrogen) atoms. The third kappa shape index (κ3) is 5.60. The van der Waals surface area contributed by atoms with E-state index >= 15 is 0 Å². The van der Waals surface area contributed by atoms with Gasteiger partial charge in [0, 0.05) is 19.5 Å². The van der Waals surface area contributed by atoms with Gasteiger partial charge in [-0.1, -0.05) is 35.9 Å². The molecule has 0 heterocycles. The number of benzene rings is 2. The molecule has 0 aliphatic rings. The standard InChI is InChI=1S/C19H19ClN2O4/c1-26-19(25)14-8-6-13(7-9-14)12-22-17(23)10-11-21-18(24)15-4-2-3-5-16(15)20/h2-9H,10-12H2,1H3,(H,21,24)(H,22,23). The fourth-order valence-corrected chi connectivity index (χ4v) is 2.42. The van der Waals surface area contributed by atoms with E-state index in [1.165, 1.54) is 7.11 Å². The van der Waals surface area contributed by atoms with Gasteiger partial charge in [0.15, 0.2) is 0 Å². The topological polar surface area (TPSA) is 84.5 Å². The van der Waals surface area contributed by atoms with Gasteiger partial charge in [0.1, 0.15) is 0 Å². The molecule has 0 fully saturated rings. The Morgan fingerprint density at radius 2 is 1.69 bits per heavy atom. The van der Waals surface area contributed by atoms with Crippen LogP contribution < -0.4 is 10.6 Å². The van der Waals surface area contributed by atoms with Gasteiger partial charge in [0.2, 0.25) is 5.91 Å². The van der Waals surface area contributed by atoms with Crippen LogP contribution in [-0.2, 0) is 16.1 Å². The first kappa shape index (κ1) is 19.5. The van der Waals surface area contributed by atoms with Crippen LogP contribution in [0.15, 0.2) is 48.5 Å². The van der Waals surface area contributed by atoms with Gasteiger partial charge < -0.3 is 15.4 Å². The van der Waals surface area contributed by atoms with Crippen molar-refractivity contribution in [3.8, 4) is 0 Å². The summed E-state index contributed by atoms with van der Waals surface area (Å²) in [5.41, 5.74) is 1.68. The molecule has 0 bridgehead atoms. The number of esters is 1. The van der Waals surface area contributed by atoms with Crippen LogP contribution in [0.1, 0.15) is 32.7 Å². The smallest absolute Gasteiger partial charge is 0.337 e. The van der Waals surface area contributed by atoms with Crippen LogP contribution in [0.25, 0.3) is 0 Å². The van der Waals surface area contributed by atoms with Crippen molar-refractivity contribution in [3.05, 3.63) is 70.2 Å². The number of halogens is 1. The molecule has 136 valence electrons. The van der Waals surface area contributed by atoms with Gasteiger partial charge in [-0.3, -0.25) is 9.59 Å². The number of methoxy groups -OCH3 is 1. The molecule has 0 unspecified atom stereocenters. The van der Waals surface area contributed by atoms with E-state index in [-0.39, 0.29) is 24.8 Å². The van der Waals surface area contributed by atoms with Gasteiger partial charge in [-0.15, -0.1) is 0 Å². The van der Waals surface area contributed by atoms with E-state index < -0.39 is 5.97 Å². The van der Waals surface area contributed by atoms with Crippen molar-refractivity contribution in [2.75, 3.05) is 13.7 Å². The minimum Gasteiger partial charge on any atom is -0.465 e. The van der Waals surface area contributed by atoms with Crippen molar-refractivity contribution >= 4 is 29.4 Å². The Balaban J connectivity index is 1.73. The molecule has 2 aromatic carbocycles. The third-order valence-electron chi connectivity index (χ3n) is 3.62. The minimum atomic E-state index is -0.408. The predicted molar refractivity (Wildman–Crippen MR) is 98.0 cm³/mol. The van der Waals surface area contributed by atoms with E-state index in [1.807, 2.05) is 0 Å². The van der Waals surface area contributed by atoms with E-state index in [0.717, 1.165) is 5.56 Å². The molecule has 2 amide bonds. The Bertz CT molecular complexity index is 790. The number of hydrogen-bond donors (Lipinski definition) is 2. The van der Waals surface area contributed by atoms with Crippen LogP contribution in [0.4, 0.5) is 0 Å². The minimum absolute atomic E-state index is 0.149. The van der Waals surface area contributed by atoms with Crippen LogP contribution in [0.3, 0.4) is 0 Å². The van der Waals surface area contributed by atoms with Crippen molar-refractivity contribution in [1.82, 2.24) is 10.6 Å². The van der Waals surface area contributed by atoms with Gasteiger partial charge >= 0.3 is 5.97 Å². The zero-order valence-electron chi connectivity index (χ0n) is 14.3. The molecular weight excluding hydrogens is 356 g/mol. The lowest BCUT2D eigenvalue weighted by Gasteiger charge is -2.08. The van der Waals surface area contributed by atoms with Gasteiger partial charge in [0.25, 0.3) is 5.91 Å². The Kier molecular flexibility index (Phi) is 7.17. The summed E-state index contributed by atoms with van der Waals surface area (Å²) in [6.07, 6.45) is 0.149. The second kappa shape index (κ2) is 9.58. The summed E-state index contributed by atoms with van der Waals surface area (Å²) in [7, 11) is 1.32. The van der Waals surface area contributed by atoms with Crippen molar-refractivity contribution in [2.45, 2.75) is 13.0 Å². The van der Waals surface area contributed by atoms with Crippen molar-refractivity contribution < 1.29 is 19.1 Å². The van der Waals surface area contributed by atoms with Gasteiger partial charge in [-0.25, -0.2) is 4.79 Å². The fraction of sp³-hybridized carbons (Fsp3) is 0.211. The summed E-state index contributed by atoms with van der Waals surface area (Å²) in [6.45, 7) is 0.538. The summed E-state index contributed by atoms with van der Waals surface area (Å²) in [4.78, 5) is 35.2. The number of carbonyl (C=O) groups is 3. The Morgan fingerprint density at radius 3 is 2.35 bits per heavy atom. The first-order valence-corrected chi connectivity index (χ1v) is 8.35. The van der Waals surface area contributed by atoms with E-state index in [1.54, 1.807) is 48.5 Å². The Morgan fingerprint density at radius 1 is 1.00 bits per heavy atom. The van der Waals surface area contributed by atoms with Crippen molar-refractivity contribution in [2.24, 2.45) is 0 Å². The molecule has 0 saturated heterocycles. The highest BCUT2D eigenvalue weighted by Gasteiger charge is 2.10. The maximum Gasteiger partial charge on any atom is 0.337 e. The third-order valence-corrected chi connectivity index (χ3v) is 3.95. The summed E-state index contributed by atoms with van der Waals surface area (Å²) < 4.78 is 4.63. The lowest BCUT2D eigenvalue weighted by molar-refractivity contribution is -0.121. The predicted octanol–water partition coefficient (Wildman–Crippen LogP) is 2.56. The van der Waals surface area contributed by atoms with Crippen molar-refractivity contribution in [3.63, 3.8) is 0 Å². The average molecular weight is 375 g/mol. The molecule has 0 aliphatic heterocycles. The molecule has 0 saturated carbocycles. The zero-order chi connectivity index (χ0) is 18.9. The molecule has 6 nitrogen and oxygen atoms in total. The number of hydrogen-bond acceptors (Lipinski definition) is 4. The normalized spacial score (nSPS) is 10.1. The SMILES string of the molecule is COC(=O)c1ccc(CNC(=O)CCNC(=O)c2ccccc2Cl)cc1. The molecule has 0 spiro atoms. The molecule has 2 rings (SSSR count). The van der Waals surface area contributed by atoms with E-state index in [2.05, 4.69) is 15.4 Å². The second-order valence-corrected chi connectivity index (χ2v) is 5.86. The highest BCUT2D eigenvalue weighted by molar-refractivity contribution is 6.33. The molecule has 0 aliphatic carbocycles. The van der Waals surface area contributed by atoms with E-state index in [0.29, 0.717) is 22.7 Å². The summed E-state index contributed by atoms with van der Waals surface area (Å²) in [5.74, 6) is -0.918. The van der Waals surface area contributed by atoms with E-state index in [9.17, 15) is 14.4 Å². The van der Waals surface area contributed by atoms with Crippen molar-refractivity contribution in [1.29, 1.82) is 0 Å². The average Bonchev–Trinajstić information content (AvgIpc) is 2.66. The summed E-state index contributed by atoms with van der Waals surface area (Å²) in [6, 6.07) is 13.5. The maximum absolute atomic E-state index is 12.0.